The Kier molecular flexibility index (Phi) is 15.8. The van der Waals surface area contributed by atoms with Crippen LogP contribution in [0.5, 0.6) is 0 Å². The van der Waals surface area contributed by atoms with E-state index in [-0.39, 0.29) is 91.1 Å². The first-order valence-electron chi connectivity index (χ1n) is 16.7. The second kappa shape index (κ2) is 19.7. The van der Waals surface area contributed by atoms with Gasteiger partial charge in [-0.3, -0.25) is 43.6 Å². The molecule has 1 unspecified atom stereocenters. The van der Waals surface area contributed by atoms with Gasteiger partial charge in [0.15, 0.2) is 0 Å². The lowest BCUT2D eigenvalue weighted by atomic mass is 9.87. The van der Waals surface area contributed by atoms with E-state index in [1.807, 2.05) is 0 Å². The normalized spacial score (nSPS) is 24.1. The Bertz CT molecular complexity index is 1410. The van der Waals surface area contributed by atoms with Crippen LogP contribution in [0.1, 0.15) is 31.2 Å². The number of nitrogens with zero attached hydrogens (tertiary/aromatic N) is 4. The number of ether oxygens (including phenoxy) is 1. The molecule has 0 spiro atoms. The molecule has 18 heteroatoms. The molecule has 1 saturated heterocycles. The average Bonchev–Trinajstić information content (AvgIpc) is 3.02. The van der Waals surface area contributed by atoms with Gasteiger partial charge in [0.25, 0.3) is 5.91 Å². The second-order valence-electron chi connectivity index (χ2n) is 12.9. The number of allylic oxidation sites excluding steroid dienone is 1. The second-order valence-corrected chi connectivity index (χ2v) is 12.9. The highest BCUT2D eigenvalue weighted by atomic mass is 16.6. The van der Waals surface area contributed by atoms with Crippen LogP contribution in [-0.2, 0) is 35.1 Å². The minimum Gasteiger partial charge on any atom is -0.480 e. The van der Waals surface area contributed by atoms with Crippen molar-refractivity contribution in [1.82, 2.24) is 19.6 Å². The zero-order valence-electron chi connectivity index (χ0n) is 28.4. The molecule has 1 aliphatic carbocycles. The van der Waals surface area contributed by atoms with Crippen LogP contribution < -0.4 is 11.1 Å². The predicted octanol–water partition coefficient (Wildman–Crippen LogP) is -0.579. The lowest BCUT2D eigenvalue weighted by Crippen LogP contribution is -2.53. The van der Waals surface area contributed by atoms with Crippen LogP contribution in [0.4, 0.5) is 10.5 Å². The minimum absolute atomic E-state index is 0.0189. The number of rotatable bonds is 13. The van der Waals surface area contributed by atoms with E-state index in [0.29, 0.717) is 12.1 Å². The first-order valence-corrected chi connectivity index (χ1v) is 16.7. The molecule has 0 radical (unpaired) electrons. The van der Waals surface area contributed by atoms with E-state index >= 15 is 0 Å². The molecule has 2 aliphatic rings. The van der Waals surface area contributed by atoms with E-state index in [0.717, 1.165) is 5.56 Å². The summed E-state index contributed by atoms with van der Waals surface area (Å²) in [4.78, 5) is 77.9. The van der Waals surface area contributed by atoms with Gasteiger partial charge >= 0.3 is 30.0 Å². The number of aliphatic carboxylic acids is 4. The van der Waals surface area contributed by atoms with E-state index < -0.39 is 60.2 Å². The van der Waals surface area contributed by atoms with E-state index in [4.69, 9.17) is 10.5 Å². The molecular formula is C33H48N6O12. The van der Waals surface area contributed by atoms with Crippen LogP contribution in [0.25, 0.3) is 0 Å². The Morgan fingerprint density at radius 1 is 0.765 bits per heavy atom. The molecular weight excluding hydrogens is 672 g/mol. The van der Waals surface area contributed by atoms with Crippen LogP contribution >= 0.6 is 0 Å². The van der Waals surface area contributed by atoms with E-state index in [1.54, 1.807) is 56.0 Å². The van der Waals surface area contributed by atoms with E-state index in [2.05, 4.69) is 5.32 Å². The van der Waals surface area contributed by atoms with Gasteiger partial charge in [-0.05, 0) is 55.9 Å². The van der Waals surface area contributed by atoms with Crippen LogP contribution in [-0.4, -0.2) is 171 Å². The van der Waals surface area contributed by atoms with Gasteiger partial charge in [0, 0.05) is 57.5 Å². The first-order chi connectivity index (χ1) is 24.1. The van der Waals surface area contributed by atoms with Crippen molar-refractivity contribution in [2.45, 2.75) is 49.9 Å². The van der Waals surface area contributed by atoms with Crippen molar-refractivity contribution in [3.8, 4) is 0 Å². The third kappa shape index (κ3) is 14.6. The number of hydrogen-bond donors (Lipinski definition) is 7. The molecule has 3 atom stereocenters. The molecule has 0 aromatic heterocycles. The smallest absolute Gasteiger partial charge is 0.405 e. The van der Waals surface area contributed by atoms with Gasteiger partial charge in [-0.25, -0.2) is 4.79 Å². The molecule has 1 aromatic rings. The van der Waals surface area contributed by atoms with Gasteiger partial charge in [0.1, 0.15) is 11.7 Å². The highest BCUT2D eigenvalue weighted by molar-refractivity contribution is 5.97. The van der Waals surface area contributed by atoms with Crippen molar-refractivity contribution in [3.05, 3.63) is 42.0 Å². The van der Waals surface area contributed by atoms with Crippen molar-refractivity contribution >= 4 is 41.6 Å². The molecule has 1 heterocycles. The van der Waals surface area contributed by atoms with Gasteiger partial charge in [-0.2, -0.15) is 0 Å². The third-order valence-electron chi connectivity index (χ3n) is 8.86. The van der Waals surface area contributed by atoms with Gasteiger partial charge in [-0.1, -0.05) is 18.2 Å². The number of carboxylic acids is 4. The summed E-state index contributed by atoms with van der Waals surface area (Å²) in [6, 6.07) is 6.14. The van der Waals surface area contributed by atoms with Gasteiger partial charge in [0.2, 0.25) is 0 Å². The minimum atomic E-state index is -1.74. The standard InChI is InChI=1S/C33H48N6O12/c34-32(49)51-26-3-1-2-9-33(50,10-8-26)31(48)35-24-6-4-23(5-7-24)17-25-18-38(21-29(44)45)14-13-36(19-27(40)41)11-12-37(20-28(42)43)15-16-39(25)22-30(46)47/h1,3-7,25-26,50H,2,8-22H2,(H2,34,49)(H,35,48)(H,40,41)(H,42,43)(H,44,45)(H,46,47)/b3-1+/t25?,26-,33-/m0/s1. The average molecular weight is 721 g/mol. The molecule has 1 fully saturated rings. The number of carboxylic acid groups (broad SMARTS) is 4. The van der Waals surface area contributed by atoms with Crippen molar-refractivity contribution < 1.29 is 59.0 Å². The summed E-state index contributed by atoms with van der Waals surface area (Å²) in [6.45, 7) is -0.262. The number of carbonyl (C=O) groups excluding carboxylic acids is 2. The van der Waals surface area contributed by atoms with Crippen LogP contribution in [0.3, 0.4) is 0 Å². The molecule has 8 N–H and O–H groups in total. The number of carbonyl (C=O) groups is 6. The van der Waals surface area contributed by atoms with Crippen LogP contribution in [0.2, 0.25) is 0 Å². The number of anilines is 1. The molecule has 1 aromatic carbocycles. The summed E-state index contributed by atoms with van der Waals surface area (Å²) in [6.07, 6.45) is 2.71. The molecule has 3 rings (SSSR count). The quantitative estimate of drug-likeness (QED) is 0.126. The molecule has 0 saturated carbocycles. The SMILES string of the molecule is NC(=O)O[C@H]1/C=C/CC[C@@](O)(C(=O)Nc2ccc(CC3CN(CC(=O)O)CCN(CC(=O)O)CCN(CC(=O)O)CCN3CC(=O)O)cc2)CC1. The topological polar surface area (TPSA) is 264 Å². The summed E-state index contributed by atoms with van der Waals surface area (Å²) in [5.74, 6) is -5.04. The van der Waals surface area contributed by atoms with Crippen LogP contribution in [0, 0.1) is 0 Å². The number of primary amides is 1. The maximum absolute atomic E-state index is 13.2. The fourth-order valence-corrected chi connectivity index (χ4v) is 6.25. The highest BCUT2D eigenvalue weighted by Crippen LogP contribution is 2.27. The maximum Gasteiger partial charge on any atom is 0.405 e. The van der Waals surface area contributed by atoms with Crippen molar-refractivity contribution in [2.75, 3.05) is 77.3 Å². The van der Waals surface area contributed by atoms with Crippen molar-refractivity contribution in [1.29, 1.82) is 0 Å². The fourth-order valence-electron chi connectivity index (χ4n) is 6.25. The third-order valence-corrected chi connectivity index (χ3v) is 8.86. The molecule has 18 nitrogen and oxygen atoms in total. The highest BCUT2D eigenvalue weighted by Gasteiger charge is 2.37. The fraction of sp³-hybridized carbons (Fsp3) is 0.576. The Morgan fingerprint density at radius 2 is 1.29 bits per heavy atom. The molecule has 1 aliphatic heterocycles. The molecule has 0 bridgehead atoms. The predicted molar refractivity (Wildman–Crippen MR) is 181 cm³/mol. The number of nitrogens with two attached hydrogens (primary N) is 1. The molecule has 51 heavy (non-hydrogen) atoms. The van der Waals surface area contributed by atoms with Crippen molar-refractivity contribution in [2.24, 2.45) is 5.73 Å². The van der Waals surface area contributed by atoms with Gasteiger partial charge in [0.05, 0.1) is 26.2 Å². The number of nitrogens with one attached hydrogen (secondary N) is 1. The zero-order chi connectivity index (χ0) is 37.6. The summed E-state index contributed by atoms with van der Waals surface area (Å²) in [5, 5.41) is 52.3. The Morgan fingerprint density at radius 3 is 1.84 bits per heavy atom. The Labute approximate surface area is 295 Å². The summed E-state index contributed by atoms with van der Waals surface area (Å²) < 4.78 is 5.02. The number of benzene rings is 1. The van der Waals surface area contributed by atoms with Crippen LogP contribution in [0.15, 0.2) is 36.4 Å². The largest absolute Gasteiger partial charge is 0.480 e. The van der Waals surface area contributed by atoms with Gasteiger partial charge in [-0.15, -0.1) is 0 Å². The summed E-state index contributed by atoms with van der Waals surface area (Å²) in [5.41, 5.74) is 4.49. The Balaban J connectivity index is 1.82. The zero-order valence-corrected chi connectivity index (χ0v) is 28.4. The van der Waals surface area contributed by atoms with E-state index in [1.165, 1.54) is 0 Å². The molecule has 2 amide bonds. The monoisotopic (exact) mass is 720 g/mol. The molecule has 282 valence electrons. The maximum atomic E-state index is 13.2. The lowest BCUT2D eigenvalue weighted by molar-refractivity contribution is -0.142. The number of aliphatic hydroxyl groups is 1. The summed E-state index contributed by atoms with van der Waals surface area (Å²) >= 11 is 0. The van der Waals surface area contributed by atoms with Gasteiger partial charge < -0.3 is 41.3 Å². The lowest BCUT2D eigenvalue weighted by Gasteiger charge is -2.37. The number of amides is 2. The van der Waals surface area contributed by atoms with Crippen molar-refractivity contribution in [3.63, 3.8) is 0 Å². The Hall–Kier alpha value is -4.62. The summed E-state index contributed by atoms with van der Waals surface area (Å²) in [7, 11) is 0. The van der Waals surface area contributed by atoms with E-state index in [9.17, 15) is 54.3 Å². The number of hydrogen-bond acceptors (Lipinski definition) is 12. The first kappa shape index (κ1) is 40.8.